The molecule has 4 nitrogen and oxygen atoms in total. The standard InChI is InChI=1S/C26H31BrN2O2/c1-3-15-28(16-4-2)18-23(30)19-29-17-21(24-7-5-6-8-25(24)29)11-14-26(31)20-9-12-22(27)13-10-20/h5-14,17,23,30H,3-4,15-16,18-19H2,1-2H3/b14-11-/t23-/m1/s1. The van der Waals surface area contributed by atoms with E-state index in [4.69, 9.17) is 0 Å². The zero-order valence-electron chi connectivity index (χ0n) is 18.3. The predicted molar refractivity (Wildman–Crippen MR) is 132 cm³/mol. The lowest BCUT2D eigenvalue weighted by Crippen LogP contribution is -2.35. The third-order valence-electron chi connectivity index (χ3n) is 5.32. The number of aliphatic hydroxyl groups excluding tert-OH is 1. The molecule has 0 bridgehead atoms. The van der Waals surface area contributed by atoms with Crippen LogP contribution < -0.4 is 0 Å². The Morgan fingerprint density at radius 1 is 1.10 bits per heavy atom. The SMILES string of the molecule is CCCN(CCC)C[C@@H](O)Cn1cc(/C=C\C(=O)c2ccc(Br)cc2)c2ccccc21. The molecule has 31 heavy (non-hydrogen) atoms. The Labute approximate surface area is 193 Å². The van der Waals surface area contributed by atoms with Crippen LogP contribution in [0, 0.1) is 0 Å². The molecule has 0 fully saturated rings. The predicted octanol–water partition coefficient (Wildman–Crippen LogP) is 5.78. The molecule has 1 atom stereocenters. The Morgan fingerprint density at radius 3 is 2.45 bits per heavy atom. The van der Waals surface area contributed by atoms with E-state index < -0.39 is 6.10 Å². The van der Waals surface area contributed by atoms with Gasteiger partial charge in [-0.1, -0.05) is 48.0 Å². The highest BCUT2D eigenvalue weighted by Crippen LogP contribution is 2.23. The van der Waals surface area contributed by atoms with Crippen molar-refractivity contribution in [1.82, 2.24) is 9.47 Å². The lowest BCUT2D eigenvalue weighted by Gasteiger charge is -2.24. The minimum absolute atomic E-state index is 0.0286. The summed E-state index contributed by atoms with van der Waals surface area (Å²) in [5.41, 5.74) is 2.70. The van der Waals surface area contributed by atoms with Gasteiger partial charge in [0.05, 0.1) is 6.10 Å². The molecule has 3 rings (SSSR count). The molecule has 0 aliphatic heterocycles. The van der Waals surface area contributed by atoms with Gasteiger partial charge in [0.15, 0.2) is 5.78 Å². The second-order valence-electron chi connectivity index (χ2n) is 7.91. The molecule has 5 heteroatoms. The number of aromatic nitrogens is 1. The number of rotatable bonds is 11. The summed E-state index contributed by atoms with van der Waals surface area (Å²) in [6.45, 7) is 7.54. The molecule has 0 amide bonds. The summed E-state index contributed by atoms with van der Waals surface area (Å²) >= 11 is 3.40. The zero-order valence-corrected chi connectivity index (χ0v) is 19.9. The maximum absolute atomic E-state index is 12.5. The molecule has 0 unspecified atom stereocenters. The maximum Gasteiger partial charge on any atom is 0.185 e. The molecule has 0 aliphatic carbocycles. The van der Waals surface area contributed by atoms with E-state index in [2.05, 4.69) is 51.4 Å². The Bertz CT molecular complexity index is 1020. The molecule has 0 saturated carbocycles. The summed E-state index contributed by atoms with van der Waals surface area (Å²) < 4.78 is 3.05. The smallest absolute Gasteiger partial charge is 0.185 e. The summed E-state index contributed by atoms with van der Waals surface area (Å²) in [6.07, 6.45) is 7.24. The van der Waals surface area contributed by atoms with Gasteiger partial charge < -0.3 is 14.6 Å². The van der Waals surface area contributed by atoms with Gasteiger partial charge in [0.25, 0.3) is 0 Å². The Morgan fingerprint density at radius 2 is 1.77 bits per heavy atom. The maximum atomic E-state index is 12.5. The largest absolute Gasteiger partial charge is 0.390 e. The average molecular weight is 483 g/mol. The van der Waals surface area contributed by atoms with Crippen LogP contribution in [-0.4, -0.2) is 46.1 Å². The van der Waals surface area contributed by atoms with Crippen LogP contribution in [0.1, 0.15) is 42.6 Å². The van der Waals surface area contributed by atoms with Crippen molar-refractivity contribution in [2.45, 2.75) is 39.3 Å². The number of para-hydroxylation sites is 1. The number of carbonyl (C=O) groups is 1. The first-order valence-corrected chi connectivity index (χ1v) is 11.8. The highest BCUT2D eigenvalue weighted by molar-refractivity contribution is 9.10. The third-order valence-corrected chi connectivity index (χ3v) is 5.85. The van der Waals surface area contributed by atoms with Gasteiger partial charge in [0.2, 0.25) is 0 Å². The van der Waals surface area contributed by atoms with Crippen LogP contribution in [0.5, 0.6) is 0 Å². The quantitative estimate of drug-likeness (QED) is 0.278. The second-order valence-corrected chi connectivity index (χ2v) is 8.83. The number of aliphatic hydroxyl groups is 1. The van der Waals surface area contributed by atoms with Crippen molar-refractivity contribution in [3.05, 3.63) is 76.4 Å². The van der Waals surface area contributed by atoms with Gasteiger partial charge in [-0.15, -0.1) is 0 Å². The first-order valence-electron chi connectivity index (χ1n) is 11.0. The van der Waals surface area contributed by atoms with Crippen molar-refractivity contribution in [2.24, 2.45) is 0 Å². The molecule has 1 heterocycles. The lowest BCUT2D eigenvalue weighted by molar-refractivity contribution is 0.0988. The van der Waals surface area contributed by atoms with E-state index in [0.717, 1.165) is 46.9 Å². The second kappa shape index (κ2) is 11.4. The number of hydrogen-bond acceptors (Lipinski definition) is 3. The van der Waals surface area contributed by atoms with Crippen LogP contribution in [0.2, 0.25) is 0 Å². The fraction of sp³-hybridized carbons (Fsp3) is 0.346. The number of carbonyl (C=O) groups excluding carboxylic acids is 1. The molecule has 0 radical (unpaired) electrons. The van der Waals surface area contributed by atoms with Gasteiger partial charge in [-0.3, -0.25) is 4.79 Å². The van der Waals surface area contributed by atoms with Gasteiger partial charge in [0.1, 0.15) is 0 Å². The van der Waals surface area contributed by atoms with E-state index in [1.165, 1.54) is 0 Å². The number of halogens is 1. The van der Waals surface area contributed by atoms with Crippen molar-refractivity contribution in [2.75, 3.05) is 19.6 Å². The number of ketones is 1. The molecular weight excluding hydrogens is 452 g/mol. The number of allylic oxidation sites excluding steroid dienone is 1. The van der Waals surface area contributed by atoms with Crippen LogP contribution >= 0.6 is 15.9 Å². The van der Waals surface area contributed by atoms with Crippen molar-refractivity contribution in [3.8, 4) is 0 Å². The Balaban J connectivity index is 1.78. The van der Waals surface area contributed by atoms with E-state index in [0.29, 0.717) is 18.7 Å². The average Bonchev–Trinajstić information content (AvgIpc) is 3.10. The molecular formula is C26H31BrN2O2. The molecule has 1 N–H and O–H groups in total. The summed E-state index contributed by atoms with van der Waals surface area (Å²) in [5, 5.41) is 11.8. The van der Waals surface area contributed by atoms with Gasteiger partial charge in [-0.25, -0.2) is 0 Å². The molecule has 1 aromatic heterocycles. The Hall–Kier alpha value is -2.21. The number of fused-ring (bicyclic) bond motifs is 1. The fourth-order valence-corrected chi connectivity index (χ4v) is 4.21. The lowest BCUT2D eigenvalue weighted by atomic mass is 10.1. The van der Waals surface area contributed by atoms with Crippen molar-refractivity contribution in [3.63, 3.8) is 0 Å². The van der Waals surface area contributed by atoms with Crippen molar-refractivity contribution >= 4 is 38.7 Å². The summed E-state index contributed by atoms with van der Waals surface area (Å²) in [6, 6.07) is 15.5. The monoisotopic (exact) mass is 482 g/mol. The van der Waals surface area contributed by atoms with E-state index in [-0.39, 0.29) is 5.78 Å². The zero-order chi connectivity index (χ0) is 22.2. The number of nitrogens with zero attached hydrogens (tertiary/aromatic N) is 2. The third kappa shape index (κ3) is 6.39. The first kappa shape index (κ1) is 23.5. The van der Waals surface area contributed by atoms with Crippen molar-refractivity contribution < 1.29 is 9.90 Å². The minimum Gasteiger partial charge on any atom is -0.390 e. The number of benzene rings is 2. The van der Waals surface area contributed by atoms with Crippen LogP contribution in [0.15, 0.2) is 65.3 Å². The summed E-state index contributed by atoms with van der Waals surface area (Å²) in [7, 11) is 0. The first-order chi connectivity index (χ1) is 15.0. The minimum atomic E-state index is -0.449. The molecule has 164 valence electrons. The van der Waals surface area contributed by atoms with Crippen molar-refractivity contribution in [1.29, 1.82) is 0 Å². The van der Waals surface area contributed by atoms with Gasteiger partial charge in [0, 0.05) is 45.8 Å². The van der Waals surface area contributed by atoms with Gasteiger partial charge >= 0.3 is 0 Å². The molecule has 0 saturated heterocycles. The Kier molecular flexibility index (Phi) is 8.64. The number of hydrogen-bond donors (Lipinski definition) is 1. The summed E-state index contributed by atoms with van der Waals surface area (Å²) in [4.78, 5) is 14.9. The molecule has 3 aromatic rings. The topological polar surface area (TPSA) is 45.5 Å². The van der Waals surface area contributed by atoms with E-state index in [1.54, 1.807) is 6.08 Å². The van der Waals surface area contributed by atoms with E-state index in [1.807, 2.05) is 48.7 Å². The van der Waals surface area contributed by atoms with Crippen LogP contribution in [0.3, 0.4) is 0 Å². The van der Waals surface area contributed by atoms with Gasteiger partial charge in [-0.05, 0) is 68.4 Å². The fourth-order valence-electron chi connectivity index (χ4n) is 3.94. The van der Waals surface area contributed by atoms with Crippen LogP contribution in [0.25, 0.3) is 17.0 Å². The summed E-state index contributed by atoms with van der Waals surface area (Å²) in [5.74, 6) is -0.0286. The normalized spacial score (nSPS) is 12.8. The van der Waals surface area contributed by atoms with Crippen LogP contribution in [-0.2, 0) is 6.54 Å². The van der Waals surface area contributed by atoms with E-state index in [9.17, 15) is 9.90 Å². The molecule has 2 aromatic carbocycles. The van der Waals surface area contributed by atoms with Gasteiger partial charge in [-0.2, -0.15) is 0 Å². The highest BCUT2D eigenvalue weighted by Gasteiger charge is 2.14. The van der Waals surface area contributed by atoms with Crippen LogP contribution in [0.4, 0.5) is 0 Å². The molecule has 0 aliphatic rings. The van der Waals surface area contributed by atoms with E-state index >= 15 is 0 Å². The highest BCUT2D eigenvalue weighted by atomic mass is 79.9. The molecule has 0 spiro atoms.